The highest BCUT2D eigenvalue weighted by Crippen LogP contribution is 2.59. The fourth-order valence-corrected chi connectivity index (χ4v) is 13.0. The maximum Gasteiger partial charge on any atom is 0.0492 e. The first-order chi connectivity index (χ1) is 33.0. The number of rotatable bonds is 5. The third-order valence-corrected chi connectivity index (χ3v) is 16.2. The van der Waals surface area contributed by atoms with Gasteiger partial charge in [0.25, 0.3) is 0 Å². The highest BCUT2D eigenvalue weighted by atomic mass is 15.2. The maximum atomic E-state index is 2.69. The molecule has 67 heavy (non-hydrogen) atoms. The molecule has 1 nitrogen and oxygen atoms in total. The van der Waals surface area contributed by atoms with Gasteiger partial charge in [0, 0.05) is 22.8 Å². The summed E-state index contributed by atoms with van der Waals surface area (Å²) in [6.07, 6.45) is 3.63. The molecule has 2 aliphatic rings. The standard InChI is InChI=1S/C66H49N/c1-41-35-36-66(2)62(37-41)61-38-45(29-34-63(61)67(66)46-21-4-3-5-22-46)57-39-58(50-26-12-18-42-15-6-9-23-47(42)50)54-32-33-56-60(52-28-14-20-44-17-8-11-25-49(44)52)40-59(55-31-30-53(57)64(54)65(55)56)51-27-13-19-43-16-7-10-24-48(43)51/h3-34,38-41,62H,35-37H2,1-2H3. The molecule has 0 bridgehead atoms. The van der Waals surface area contributed by atoms with Crippen molar-refractivity contribution in [2.24, 2.45) is 5.92 Å². The summed E-state index contributed by atoms with van der Waals surface area (Å²) in [5.74, 6) is 1.12. The van der Waals surface area contributed by atoms with Crippen LogP contribution in [-0.2, 0) is 0 Å². The predicted octanol–water partition coefficient (Wildman–Crippen LogP) is 18.5. The van der Waals surface area contributed by atoms with E-state index in [0.717, 1.165) is 0 Å². The summed E-state index contributed by atoms with van der Waals surface area (Å²) < 4.78 is 0. The molecule has 3 atom stereocenters. The van der Waals surface area contributed by atoms with Crippen molar-refractivity contribution in [2.45, 2.75) is 44.6 Å². The molecule has 12 aromatic rings. The van der Waals surface area contributed by atoms with E-state index in [4.69, 9.17) is 0 Å². The van der Waals surface area contributed by atoms with Crippen molar-refractivity contribution in [3.05, 3.63) is 218 Å². The van der Waals surface area contributed by atoms with Gasteiger partial charge in [-0.05, 0) is 183 Å². The van der Waals surface area contributed by atoms with E-state index < -0.39 is 0 Å². The molecule has 1 aliphatic heterocycles. The van der Waals surface area contributed by atoms with Crippen LogP contribution in [0.1, 0.15) is 44.6 Å². The molecule has 0 N–H and O–H groups in total. The van der Waals surface area contributed by atoms with Crippen molar-refractivity contribution in [3.8, 4) is 44.5 Å². The number of anilines is 2. The Balaban J connectivity index is 1.12. The summed E-state index contributed by atoms with van der Waals surface area (Å²) in [6, 6.07) is 80.6. The van der Waals surface area contributed by atoms with Gasteiger partial charge in [-0.3, -0.25) is 0 Å². The molecule has 0 saturated heterocycles. The van der Waals surface area contributed by atoms with E-state index in [-0.39, 0.29) is 5.54 Å². The van der Waals surface area contributed by atoms with Gasteiger partial charge in [-0.25, -0.2) is 0 Å². The van der Waals surface area contributed by atoms with Crippen molar-refractivity contribution in [3.63, 3.8) is 0 Å². The van der Waals surface area contributed by atoms with Crippen LogP contribution in [0.15, 0.2) is 212 Å². The third-order valence-electron chi connectivity index (χ3n) is 16.2. The van der Waals surface area contributed by atoms with E-state index in [0.29, 0.717) is 11.8 Å². The number of nitrogens with zero attached hydrogens (tertiary/aromatic N) is 1. The first kappa shape index (κ1) is 38.5. The van der Waals surface area contributed by atoms with Gasteiger partial charge in [0.15, 0.2) is 0 Å². The predicted molar refractivity (Wildman–Crippen MR) is 287 cm³/mol. The number of para-hydroxylation sites is 1. The van der Waals surface area contributed by atoms with Gasteiger partial charge in [-0.1, -0.05) is 183 Å². The highest BCUT2D eigenvalue weighted by Gasteiger charge is 2.51. The minimum Gasteiger partial charge on any atom is -0.335 e. The van der Waals surface area contributed by atoms with Crippen LogP contribution < -0.4 is 4.90 Å². The quantitative estimate of drug-likeness (QED) is 0.156. The Morgan fingerprint density at radius 2 is 0.851 bits per heavy atom. The summed E-state index contributed by atoms with van der Waals surface area (Å²) in [6.45, 7) is 5.00. The molecule has 12 aromatic carbocycles. The fourth-order valence-electron chi connectivity index (χ4n) is 13.0. The minimum absolute atomic E-state index is 0.0155. The second kappa shape index (κ2) is 14.6. The van der Waals surface area contributed by atoms with Crippen molar-refractivity contribution < 1.29 is 0 Å². The average molecular weight is 856 g/mol. The summed E-state index contributed by atoms with van der Waals surface area (Å²) >= 11 is 0. The lowest BCUT2D eigenvalue weighted by Gasteiger charge is -2.45. The third kappa shape index (κ3) is 5.68. The Labute approximate surface area is 391 Å². The average Bonchev–Trinajstić information content (AvgIpc) is 3.64. The van der Waals surface area contributed by atoms with Crippen LogP contribution in [0, 0.1) is 5.92 Å². The zero-order chi connectivity index (χ0) is 44.4. The van der Waals surface area contributed by atoms with Gasteiger partial charge in [0.05, 0.1) is 0 Å². The Kier molecular flexibility index (Phi) is 8.41. The van der Waals surface area contributed by atoms with Crippen molar-refractivity contribution in [1.29, 1.82) is 0 Å². The van der Waals surface area contributed by atoms with Gasteiger partial charge in [-0.15, -0.1) is 0 Å². The van der Waals surface area contributed by atoms with Gasteiger partial charge in [0.1, 0.15) is 0 Å². The SMILES string of the molecule is CC1CCC2(C)C(C1)c1cc(-c3cc(-c4cccc5ccccc45)c4ccc5c(-c6cccc7ccccc67)cc(-c6cccc7ccccc67)c6ccc3c4c65)ccc1N2c1ccccc1. The zero-order valence-electron chi connectivity index (χ0n) is 37.9. The molecule has 14 rings (SSSR count). The van der Waals surface area contributed by atoms with Crippen LogP contribution in [0.5, 0.6) is 0 Å². The van der Waals surface area contributed by atoms with E-state index in [9.17, 15) is 0 Å². The zero-order valence-corrected chi connectivity index (χ0v) is 37.9. The number of hydrogen-bond donors (Lipinski definition) is 0. The van der Waals surface area contributed by atoms with Gasteiger partial charge >= 0.3 is 0 Å². The first-order valence-electron chi connectivity index (χ1n) is 24.2. The van der Waals surface area contributed by atoms with Crippen molar-refractivity contribution >= 4 is 76.0 Å². The molecular weight excluding hydrogens is 807 g/mol. The van der Waals surface area contributed by atoms with Gasteiger partial charge < -0.3 is 4.90 Å². The lowest BCUT2D eigenvalue weighted by atomic mass is 9.69. The van der Waals surface area contributed by atoms with E-state index in [1.165, 1.54) is 145 Å². The molecule has 1 aliphatic carbocycles. The molecular formula is C66H49N. The smallest absolute Gasteiger partial charge is 0.0492 e. The molecule has 0 aromatic heterocycles. The molecule has 1 saturated carbocycles. The summed E-state index contributed by atoms with van der Waals surface area (Å²) in [5, 5.41) is 15.4. The first-order valence-corrected chi connectivity index (χ1v) is 24.2. The summed E-state index contributed by atoms with van der Waals surface area (Å²) in [7, 11) is 0. The number of fused-ring (bicyclic) bond motifs is 6. The Morgan fingerprint density at radius 3 is 1.37 bits per heavy atom. The maximum absolute atomic E-state index is 2.69. The molecule has 0 spiro atoms. The highest BCUT2D eigenvalue weighted by molar-refractivity contribution is 6.33. The van der Waals surface area contributed by atoms with E-state index in [2.05, 4.69) is 231 Å². The largest absolute Gasteiger partial charge is 0.335 e. The van der Waals surface area contributed by atoms with Gasteiger partial charge in [-0.2, -0.15) is 0 Å². The van der Waals surface area contributed by atoms with Crippen LogP contribution in [0.3, 0.4) is 0 Å². The minimum atomic E-state index is 0.0155. The Hall–Kier alpha value is -7.74. The molecule has 1 heterocycles. The molecule has 0 amide bonds. The Morgan fingerprint density at radius 1 is 0.403 bits per heavy atom. The second-order valence-corrected chi connectivity index (χ2v) is 19.8. The van der Waals surface area contributed by atoms with Crippen LogP contribution in [0.4, 0.5) is 11.4 Å². The van der Waals surface area contributed by atoms with E-state index in [1.807, 2.05) is 0 Å². The summed E-state index contributed by atoms with van der Waals surface area (Å²) in [4.78, 5) is 2.69. The van der Waals surface area contributed by atoms with E-state index in [1.54, 1.807) is 0 Å². The Bertz CT molecular complexity index is 3840. The molecule has 0 radical (unpaired) electrons. The van der Waals surface area contributed by atoms with E-state index >= 15 is 0 Å². The molecule has 3 unspecified atom stereocenters. The van der Waals surface area contributed by atoms with Crippen LogP contribution in [0.25, 0.3) is 109 Å². The molecule has 1 heteroatoms. The van der Waals surface area contributed by atoms with Crippen LogP contribution in [-0.4, -0.2) is 5.54 Å². The second-order valence-electron chi connectivity index (χ2n) is 19.8. The van der Waals surface area contributed by atoms with Crippen LogP contribution in [0.2, 0.25) is 0 Å². The summed E-state index contributed by atoms with van der Waals surface area (Å²) in [5.41, 5.74) is 14.3. The normalized spacial score (nSPS) is 18.1. The van der Waals surface area contributed by atoms with Crippen molar-refractivity contribution in [1.82, 2.24) is 0 Å². The molecule has 318 valence electrons. The van der Waals surface area contributed by atoms with Crippen molar-refractivity contribution in [2.75, 3.05) is 4.90 Å². The number of hydrogen-bond acceptors (Lipinski definition) is 1. The number of benzene rings is 12. The fraction of sp³-hybridized carbons (Fsp3) is 0.121. The van der Waals surface area contributed by atoms with Crippen LogP contribution >= 0.6 is 0 Å². The topological polar surface area (TPSA) is 3.24 Å². The monoisotopic (exact) mass is 855 g/mol. The lowest BCUT2D eigenvalue weighted by molar-refractivity contribution is 0.237. The van der Waals surface area contributed by atoms with Gasteiger partial charge in [0.2, 0.25) is 0 Å². The molecule has 1 fully saturated rings. The lowest BCUT2D eigenvalue weighted by Crippen LogP contribution is -2.46.